The van der Waals surface area contributed by atoms with E-state index in [2.05, 4.69) is 4.98 Å². The summed E-state index contributed by atoms with van der Waals surface area (Å²) in [6.07, 6.45) is 2.44. The molecule has 1 unspecified atom stereocenters. The lowest BCUT2D eigenvalue weighted by molar-refractivity contribution is 0.315. The summed E-state index contributed by atoms with van der Waals surface area (Å²) in [5.41, 5.74) is 0.696. The first-order chi connectivity index (χ1) is 4.84. The van der Waals surface area contributed by atoms with Crippen LogP contribution in [0.2, 0.25) is 0 Å². The van der Waals surface area contributed by atoms with Crippen molar-refractivity contribution < 1.29 is 4.39 Å². The Morgan fingerprint density at radius 3 is 3.00 bits per heavy atom. The van der Waals surface area contributed by atoms with Crippen molar-refractivity contribution in [2.45, 2.75) is 25.9 Å². The second-order valence-corrected chi connectivity index (χ2v) is 2.38. The molecule has 0 spiro atoms. The molecular formula is C8H12FN. The first-order valence-corrected chi connectivity index (χ1v) is 3.62. The van der Waals surface area contributed by atoms with Crippen LogP contribution in [0.1, 0.15) is 31.6 Å². The standard InChI is InChI=1S/C8H12FN/c1-2-4-7(9)8-5-3-6-10-8/h3,5-7,10H,2,4H2,1H3. The zero-order chi connectivity index (χ0) is 7.40. The average Bonchev–Trinajstić information content (AvgIpc) is 2.38. The molecule has 1 rings (SSSR count). The van der Waals surface area contributed by atoms with Crippen molar-refractivity contribution >= 4 is 0 Å². The molecule has 2 heteroatoms. The van der Waals surface area contributed by atoms with Crippen LogP contribution in [0.25, 0.3) is 0 Å². The minimum absolute atomic E-state index is 0.612. The topological polar surface area (TPSA) is 15.8 Å². The number of hydrogen-bond acceptors (Lipinski definition) is 0. The molecule has 1 heterocycles. The van der Waals surface area contributed by atoms with Crippen molar-refractivity contribution in [2.24, 2.45) is 0 Å². The second-order valence-electron chi connectivity index (χ2n) is 2.38. The molecular weight excluding hydrogens is 129 g/mol. The third-order valence-corrected chi connectivity index (χ3v) is 1.50. The van der Waals surface area contributed by atoms with Crippen LogP contribution in [0.4, 0.5) is 4.39 Å². The summed E-state index contributed by atoms with van der Waals surface area (Å²) in [6, 6.07) is 3.60. The van der Waals surface area contributed by atoms with Crippen LogP contribution in [-0.2, 0) is 0 Å². The third kappa shape index (κ3) is 1.59. The van der Waals surface area contributed by atoms with Gasteiger partial charge in [0.15, 0.2) is 0 Å². The van der Waals surface area contributed by atoms with Gasteiger partial charge in [-0.3, -0.25) is 0 Å². The summed E-state index contributed by atoms with van der Waals surface area (Å²) in [4.78, 5) is 2.85. The fourth-order valence-corrected chi connectivity index (χ4v) is 0.948. The Kier molecular flexibility index (Phi) is 2.49. The van der Waals surface area contributed by atoms with Crippen LogP contribution < -0.4 is 0 Å². The van der Waals surface area contributed by atoms with Crippen LogP contribution in [0.5, 0.6) is 0 Å². The van der Waals surface area contributed by atoms with Gasteiger partial charge in [0.2, 0.25) is 0 Å². The molecule has 0 saturated heterocycles. The smallest absolute Gasteiger partial charge is 0.140 e. The van der Waals surface area contributed by atoms with E-state index in [-0.39, 0.29) is 0 Å². The number of nitrogens with one attached hydrogen (secondary N) is 1. The van der Waals surface area contributed by atoms with Crippen molar-refractivity contribution in [3.63, 3.8) is 0 Å². The van der Waals surface area contributed by atoms with Gasteiger partial charge in [0.25, 0.3) is 0 Å². The van der Waals surface area contributed by atoms with Crippen molar-refractivity contribution in [3.8, 4) is 0 Å². The summed E-state index contributed by atoms with van der Waals surface area (Å²) in [6.45, 7) is 1.98. The van der Waals surface area contributed by atoms with Gasteiger partial charge in [-0.25, -0.2) is 4.39 Å². The maximum Gasteiger partial charge on any atom is 0.140 e. The molecule has 0 aliphatic carbocycles. The van der Waals surface area contributed by atoms with E-state index in [1.54, 1.807) is 12.3 Å². The Bertz CT molecular complexity index is 169. The summed E-state index contributed by atoms with van der Waals surface area (Å²) < 4.78 is 12.9. The van der Waals surface area contributed by atoms with E-state index >= 15 is 0 Å². The van der Waals surface area contributed by atoms with Gasteiger partial charge in [-0.2, -0.15) is 0 Å². The Morgan fingerprint density at radius 2 is 2.50 bits per heavy atom. The monoisotopic (exact) mass is 141 g/mol. The summed E-state index contributed by atoms with van der Waals surface area (Å²) >= 11 is 0. The highest BCUT2D eigenvalue weighted by atomic mass is 19.1. The van der Waals surface area contributed by atoms with E-state index in [0.29, 0.717) is 12.1 Å². The zero-order valence-electron chi connectivity index (χ0n) is 6.10. The fourth-order valence-electron chi connectivity index (χ4n) is 0.948. The molecule has 0 bridgehead atoms. The van der Waals surface area contributed by atoms with E-state index in [4.69, 9.17) is 0 Å². The lowest BCUT2D eigenvalue weighted by Gasteiger charge is -2.01. The van der Waals surface area contributed by atoms with E-state index in [1.165, 1.54) is 0 Å². The van der Waals surface area contributed by atoms with Gasteiger partial charge in [-0.15, -0.1) is 0 Å². The molecule has 1 aromatic heterocycles. The number of rotatable bonds is 3. The van der Waals surface area contributed by atoms with E-state index < -0.39 is 6.17 Å². The van der Waals surface area contributed by atoms with Crippen LogP contribution in [0, 0.1) is 0 Å². The van der Waals surface area contributed by atoms with Gasteiger partial charge in [-0.1, -0.05) is 13.3 Å². The van der Waals surface area contributed by atoms with Crippen molar-refractivity contribution in [3.05, 3.63) is 24.0 Å². The summed E-state index contributed by atoms with van der Waals surface area (Å²) in [7, 11) is 0. The average molecular weight is 141 g/mol. The molecule has 1 N–H and O–H groups in total. The summed E-state index contributed by atoms with van der Waals surface area (Å²) in [5.74, 6) is 0. The highest BCUT2D eigenvalue weighted by Gasteiger charge is 2.07. The van der Waals surface area contributed by atoms with Crippen LogP contribution in [0.15, 0.2) is 18.3 Å². The van der Waals surface area contributed by atoms with Gasteiger partial charge in [0, 0.05) is 11.9 Å². The van der Waals surface area contributed by atoms with Crippen LogP contribution >= 0.6 is 0 Å². The number of aromatic nitrogens is 1. The predicted octanol–water partition coefficient (Wildman–Crippen LogP) is 2.83. The van der Waals surface area contributed by atoms with E-state index in [0.717, 1.165) is 6.42 Å². The lowest BCUT2D eigenvalue weighted by atomic mass is 10.2. The summed E-state index contributed by atoms with van der Waals surface area (Å²) in [5, 5.41) is 0. The minimum atomic E-state index is -0.806. The molecule has 0 aliphatic heterocycles. The van der Waals surface area contributed by atoms with Gasteiger partial charge in [0.1, 0.15) is 6.17 Å². The Hall–Kier alpha value is -0.790. The van der Waals surface area contributed by atoms with E-state index in [9.17, 15) is 4.39 Å². The molecule has 0 fully saturated rings. The Balaban J connectivity index is 2.50. The molecule has 0 saturated carbocycles. The van der Waals surface area contributed by atoms with Crippen molar-refractivity contribution in [1.82, 2.24) is 4.98 Å². The molecule has 1 aromatic rings. The molecule has 0 aliphatic rings. The lowest BCUT2D eigenvalue weighted by Crippen LogP contribution is -1.89. The molecule has 1 atom stereocenters. The number of alkyl halides is 1. The maximum absolute atomic E-state index is 12.9. The van der Waals surface area contributed by atoms with Gasteiger partial charge < -0.3 is 4.98 Å². The number of halogens is 1. The quantitative estimate of drug-likeness (QED) is 0.666. The van der Waals surface area contributed by atoms with Crippen LogP contribution in [-0.4, -0.2) is 4.98 Å². The van der Waals surface area contributed by atoms with Crippen molar-refractivity contribution in [2.75, 3.05) is 0 Å². The Labute approximate surface area is 60.3 Å². The van der Waals surface area contributed by atoms with Crippen molar-refractivity contribution in [1.29, 1.82) is 0 Å². The number of H-pyrrole nitrogens is 1. The van der Waals surface area contributed by atoms with Gasteiger partial charge in [-0.05, 0) is 18.6 Å². The second kappa shape index (κ2) is 3.40. The molecule has 10 heavy (non-hydrogen) atoms. The van der Waals surface area contributed by atoms with Crippen LogP contribution in [0.3, 0.4) is 0 Å². The highest BCUT2D eigenvalue weighted by molar-refractivity contribution is 5.06. The highest BCUT2D eigenvalue weighted by Crippen LogP contribution is 2.19. The molecule has 0 amide bonds. The maximum atomic E-state index is 12.9. The Morgan fingerprint density at radius 1 is 1.70 bits per heavy atom. The fraction of sp³-hybridized carbons (Fsp3) is 0.500. The molecule has 0 radical (unpaired) electrons. The van der Waals surface area contributed by atoms with Gasteiger partial charge in [0.05, 0.1) is 0 Å². The molecule has 0 aromatic carbocycles. The number of aromatic amines is 1. The number of hydrogen-bond donors (Lipinski definition) is 1. The molecule has 56 valence electrons. The first-order valence-electron chi connectivity index (χ1n) is 3.62. The largest absolute Gasteiger partial charge is 0.363 e. The SMILES string of the molecule is CCCC(F)c1ccc[nH]1. The first kappa shape index (κ1) is 7.32. The normalized spacial score (nSPS) is 13.4. The van der Waals surface area contributed by atoms with Gasteiger partial charge >= 0.3 is 0 Å². The minimum Gasteiger partial charge on any atom is -0.363 e. The third-order valence-electron chi connectivity index (χ3n) is 1.50. The predicted molar refractivity (Wildman–Crippen MR) is 39.5 cm³/mol. The molecule has 1 nitrogen and oxygen atoms in total. The van der Waals surface area contributed by atoms with E-state index in [1.807, 2.05) is 13.0 Å². The zero-order valence-corrected chi connectivity index (χ0v) is 6.10.